The fourth-order valence-electron chi connectivity index (χ4n) is 2.04. The lowest BCUT2D eigenvalue weighted by Crippen LogP contribution is -2.04. The quantitative estimate of drug-likeness (QED) is 0.678. The summed E-state index contributed by atoms with van der Waals surface area (Å²) in [6, 6.07) is 12.0. The van der Waals surface area contributed by atoms with Crippen LogP contribution < -0.4 is 0 Å². The van der Waals surface area contributed by atoms with E-state index in [0.29, 0.717) is 12.2 Å². The van der Waals surface area contributed by atoms with E-state index in [4.69, 9.17) is 4.74 Å². The first-order valence-corrected chi connectivity index (χ1v) is 7.26. The van der Waals surface area contributed by atoms with Gasteiger partial charge in [-0.05, 0) is 36.1 Å². The predicted octanol–water partition coefficient (Wildman–Crippen LogP) is 4.14. The lowest BCUT2D eigenvalue weighted by atomic mass is 10.1. The molecule has 0 bridgehead atoms. The molecule has 0 aliphatic rings. The number of carbonyl (C=O) groups excluding carboxylic acids is 1. The zero-order valence-electron chi connectivity index (χ0n) is 11.0. The van der Waals surface area contributed by atoms with Gasteiger partial charge in [0.15, 0.2) is 0 Å². The molecule has 0 N–H and O–H groups in total. The maximum atomic E-state index is 11.7. The number of nitrogens with zero attached hydrogens (tertiary/aromatic N) is 1. The van der Waals surface area contributed by atoms with E-state index in [2.05, 4.69) is 16.4 Å². The number of esters is 1. The molecule has 0 atom stereocenters. The molecule has 0 aliphatic carbocycles. The van der Waals surface area contributed by atoms with Crippen molar-refractivity contribution in [2.24, 2.45) is 0 Å². The van der Waals surface area contributed by atoms with Crippen LogP contribution in [0.25, 0.3) is 21.3 Å². The van der Waals surface area contributed by atoms with Crippen molar-refractivity contribution >= 4 is 28.2 Å². The van der Waals surface area contributed by atoms with E-state index in [1.807, 2.05) is 30.3 Å². The zero-order chi connectivity index (χ0) is 13.9. The Bertz CT molecular complexity index is 750. The van der Waals surface area contributed by atoms with Crippen LogP contribution in [0.1, 0.15) is 17.3 Å². The highest BCUT2D eigenvalue weighted by atomic mass is 32.1. The van der Waals surface area contributed by atoms with Gasteiger partial charge in [0.2, 0.25) is 0 Å². The van der Waals surface area contributed by atoms with Crippen LogP contribution >= 0.6 is 11.3 Å². The van der Waals surface area contributed by atoms with Crippen molar-refractivity contribution in [3.8, 4) is 10.4 Å². The minimum atomic E-state index is -0.329. The third-order valence-electron chi connectivity index (χ3n) is 3.00. The van der Waals surface area contributed by atoms with Gasteiger partial charge >= 0.3 is 5.97 Å². The monoisotopic (exact) mass is 283 g/mol. The van der Waals surface area contributed by atoms with Gasteiger partial charge in [-0.15, -0.1) is 11.3 Å². The normalized spacial score (nSPS) is 10.7. The van der Waals surface area contributed by atoms with Crippen molar-refractivity contribution in [3.63, 3.8) is 0 Å². The highest BCUT2D eigenvalue weighted by Gasteiger charge is 2.08. The number of ether oxygens (including phenoxy) is 1. The molecule has 20 heavy (non-hydrogen) atoms. The molecule has 0 amide bonds. The van der Waals surface area contributed by atoms with Crippen LogP contribution in [0, 0.1) is 0 Å². The molecule has 2 heterocycles. The molecule has 0 aliphatic heterocycles. The van der Waals surface area contributed by atoms with Crippen molar-refractivity contribution in [2.45, 2.75) is 6.92 Å². The van der Waals surface area contributed by atoms with E-state index in [1.54, 1.807) is 24.5 Å². The summed E-state index contributed by atoms with van der Waals surface area (Å²) in [6.07, 6.45) is 1.57. The summed E-state index contributed by atoms with van der Waals surface area (Å²) < 4.78 is 4.98. The minimum absolute atomic E-state index is 0.329. The van der Waals surface area contributed by atoms with Gasteiger partial charge in [0, 0.05) is 16.5 Å². The van der Waals surface area contributed by atoms with Crippen molar-refractivity contribution in [3.05, 3.63) is 53.5 Å². The number of thiophene rings is 1. The Morgan fingerprint density at radius 3 is 2.95 bits per heavy atom. The first kappa shape index (κ1) is 12.8. The van der Waals surface area contributed by atoms with Crippen LogP contribution in [0.5, 0.6) is 0 Å². The van der Waals surface area contributed by atoms with E-state index in [-0.39, 0.29) is 5.97 Å². The molecular weight excluding hydrogens is 270 g/mol. The van der Waals surface area contributed by atoms with Crippen LogP contribution in [-0.4, -0.2) is 17.6 Å². The Kier molecular flexibility index (Phi) is 3.48. The Labute approximate surface area is 120 Å². The Morgan fingerprint density at radius 2 is 2.20 bits per heavy atom. The van der Waals surface area contributed by atoms with Gasteiger partial charge in [-0.3, -0.25) is 4.98 Å². The summed E-state index contributed by atoms with van der Waals surface area (Å²) in [5.74, 6) is -0.329. The molecule has 0 unspecified atom stereocenters. The second-order valence-electron chi connectivity index (χ2n) is 4.33. The topological polar surface area (TPSA) is 39.2 Å². The average molecular weight is 283 g/mol. The summed E-state index contributed by atoms with van der Waals surface area (Å²) in [6.45, 7) is 2.16. The van der Waals surface area contributed by atoms with Crippen molar-refractivity contribution in [2.75, 3.05) is 6.61 Å². The molecule has 1 aromatic carbocycles. The maximum Gasteiger partial charge on any atom is 0.339 e. The number of fused-ring (bicyclic) bond motifs is 1. The summed E-state index contributed by atoms with van der Waals surface area (Å²) in [5, 5.41) is 2.99. The summed E-state index contributed by atoms with van der Waals surface area (Å²) in [7, 11) is 0. The molecule has 0 saturated carbocycles. The van der Waals surface area contributed by atoms with E-state index in [1.165, 1.54) is 4.88 Å². The van der Waals surface area contributed by atoms with Gasteiger partial charge in [0.25, 0.3) is 0 Å². The fourth-order valence-corrected chi connectivity index (χ4v) is 2.77. The lowest BCUT2D eigenvalue weighted by Gasteiger charge is -2.04. The van der Waals surface area contributed by atoms with Gasteiger partial charge in [-0.25, -0.2) is 4.79 Å². The lowest BCUT2D eigenvalue weighted by molar-refractivity contribution is 0.0526. The molecule has 100 valence electrons. The fraction of sp³-hybridized carbons (Fsp3) is 0.125. The second kappa shape index (κ2) is 5.43. The standard InChI is InChI=1S/C16H13NO2S/c1-2-19-16(18)13-8-11-5-6-12(9-14(11)17-10-13)15-4-3-7-20-15/h3-10H,2H2,1H3. The summed E-state index contributed by atoms with van der Waals surface area (Å²) >= 11 is 1.70. The largest absolute Gasteiger partial charge is 0.462 e. The van der Waals surface area contributed by atoms with Crippen LogP contribution in [-0.2, 0) is 4.74 Å². The second-order valence-corrected chi connectivity index (χ2v) is 5.28. The molecule has 2 aromatic heterocycles. The number of hydrogen-bond acceptors (Lipinski definition) is 4. The predicted molar refractivity (Wildman–Crippen MR) is 81.0 cm³/mol. The third-order valence-corrected chi connectivity index (χ3v) is 3.92. The smallest absolute Gasteiger partial charge is 0.339 e. The van der Waals surface area contributed by atoms with Gasteiger partial charge in [0.1, 0.15) is 0 Å². The Morgan fingerprint density at radius 1 is 1.30 bits per heavy atom. The average Bonchev–Trinajstić information content (AvgIpc) is 3.00. The van der Waals surface area contributed by atoms with E-state index < -0.39 is 0 Å². The molecule has 0 saturated heterocycles. The van der Waals surface area contributed by atoms with Gasteiger partial charge in [0.05, 0.1) is 17.7 Å². The number of aromatic nitrogens is 1. The summed E-state index contributed by atoms with van der Waals surface area (Å²) in [5.41, 5.74) is 2.51. The van der Waals surface area contributed by atoms with E-state index >= 15 is 0 Å². The summed E-state index contributed by atoms with van der Waals surface area (Å²) in [4.78, 5) is 17.3. The van der Waals surface area contributed by atoms with E-state index in [0.717, 1.165) is 16.5 Å². The number of carbonyl (C=O) groups is 1. The van der Waals surface area contributed by atoms with Gasteiger partial charge in [-0.1, -0.05) is 18.2 Å². The minimum Gasteiger partial charge on any atom is -0.462 e. The highest BCUT2D eigenvalue weighted by molar-refractivity contribution is 7.13. The SMILES string of the molecule is CCOC(=O)c1cnc2cc(-c3cccs3)ccc2c1. The molecule has 3 rings (SSSR count). The molecule has 3 aromatic rings. The molecule has 0 fully saturated rings. The van der Waals surface area contributed by atoms with E-state index in [9.17, 15) is 4.79 Å². The number of hydrogen-bond donors (Lipinski definition) is 0. The van der Waals surface area contributed by atoms with Gasteiger partial charge < -0.3 is 4.74 Å². The van der Waals surface area contributed by atoms with Crippen LogP contribution in [0.15, 0.2) is 48.0 Å². The zero-order valence-corrected chi connectivity index (χ0v) is 11.8. The van der Waals surface area contributed by atoms with Gasteiger partial charge in [-0.2, -0.15) is 0 Å². The maximum absolute atomic E-state index is 11.7. The Hall–Kier alpha value is -2.20. The molecule has 0 spiro atoms. The van der Waals surface area contributed by atoms with Crippen LogP contribution in [0.2, 0.25) is 0 Å². The first-order valence-electron chi connectivity index (χ1n) is 6.39. The van der Waals surface area contributed by atoms with Crippen molar-refractivity contribution < 1.29 is 9.53 Å². The third kappa shape index (κ3) is 2.42. The van der Waals surface area contributed by atoms with Crippen LogP contribution in [0.4, 0.5) is 0 Å². The molecule has 0 radical (unpaired) electrons. The number of benzene rings is 1. The van der Waals surface area contributed by atoms with Crippen molar-refractivity contribution in [1.82, 2.24) is 4.98 Å². The molecular formula is C16H13NO2S. The highest BCUT2D eigenvalue weighted by Crippen LogP contribution is 2.27. The molecule has 3 nitrogen and oxygen atoms in total. The number of rotatable bonds is 3. The first-order chi connectivity index (χ1) is 9.78. The Balaban J connectivity index is 2.01. The van der Waals surface area contributed by atoms with Crippen molar-refractivity contribution in [1.29, 1.82) is 0 Å². The number of pyridine rings is 1. The van der Waals surface area contributed by atoms with Crippen LogP contribution in [0.3, 0.4) is 0 Å². The molecule has 4 heteroatoms.